The van der Waals surface area contributed by atoms with Crippen LogP contribution in [0.1, 0.15) is 32.3 Å². The molecule has 0 radical (unpaired) electrons. The Morgan fingerprint density at radius 3 is 2.25 bits per heavy atom. The number of nitrogens with two attached hydrogens (primary N) is 1. The van der Waals surface area contributed by atoms with Crippen molar-refractivity contribution in [2.75, 3.05) is 18.8 Å². The van der Waals surface area contributed by atoms with Gasteiger partial charge in [0.2, 0.25) is 5.91 Å². The number of benzene rings is 1. The summed E-state index contributed by atoms with van der Waals surface area (Å²) in [6.07, 6.45) is 2.11. The number of morpholine rings is 1. The lowest BCUT2D eigenvalue weighted by atomic mass is 9.93. The molecule has 4 heteroatoms. The molecule has 1 heterocycles. The molecule has 2 fully saturated rings. The standard InChI is InChI=1S/C16H22N2O2/c1-11-9-18(10-12(2)20-11)15(19)16(7-8-16)13-3-5-14(17)6-4-13/h3-6,11-12H,7-10,17H2,1-2H3. The van der Waals surface area contributed by atoms with Crippen LogP contribution >= 0.6 is 0 Å². The highest BCUT2D eigenvalue weighted by Gasteiger charge is 2.53. The highest BCUT2D eigenvalue weighted by Crippen LogP contribution is 2.50. The molecule has 1 saturated heterocycles. The van der Waals surface area contributed by atoms with Crippen molar-refractivity contribution in [1.82, 2.24) is 4.90 Å². The fourth-order valence-electron chi connectivity index (χ4n) is 3.20. The summed E-state index contributed by atoms with van der Waals surface area (Å²) in [5.74, 6) is 0.254. The molecule has 2 N–H and O–H groups in total. The topological polar surface area (TPSA) is 55.6 Å². The Labute approximate surface area is 119 Å². The van der Waals surface area contributed by atoms with Crippen molar-refractivity contribution in [3.63, 3.8) is 0 Å². The van der Waals surface area contributed by atoms with Gasteiger partial charge in [0.05, 0.1) is 17.6 Å². The van der Waals surface area contributed by atoms with Crippen molar-refractivity contribution in [1.29, 1.82) is 0 Å². The van der Waals surface area contributed by atoms with E-state index in [0.717, 1.165) is 24.1 Å². The predicted molar refractivity (Wildman–Crippen MR) is 78.4 cm³/mol. The molecule has 2 atom stereocenters. The van der Waals surface area contributed by atoms with Gasteiger partial charge >= 0.3 is 0 Å². The first kappa shape index (κ1) is 13.4. The van der Waals surface area contributed by atoms with Gasteiger partial charge < -0.3 is 15.4 Å². The predicted octanol–water partition coefficient (Wildman–Crippen LogP) is 1.94. The van der Waals surface area contributed by atoms with Crippen LogP contribution in [0.2, 0.25) is 0 Å². The van der Waals surface area contributed by atoms with Gasteiger partial charge in [-0.3, -0.25) is 4.79 Å². The molecule has 1 aromatic rings. The van der Waals surface area contributed by atoms with Crippen LogP contribution in [0.4, 0.5) is 5.69 Å². The zero-order valence-corrected chi connectivity index (χ0v) is 12.1. The molecule has 0 bridgehead atoms. The fourth-order valence-corrected chi connectivity index (χ4v) is 3.20. The lowest BCUT2D eigenvalue weighted by Gasteiger charge is -2.37. The third-order valence-corrected chi connectivity index (χ3v) is 4.33. The van der Waals surface area contributed by atoms with Gasteiger partial charge in [-0.15, -0.1) is 0 Å². The van der Waals surface area contributed by atoms with E-state index < -0.39 is 0 Å². The van der Waals surface area contributed by atoms with Crippen molar-refractivity contribution in [2.24, 2.45) is 0 Å². The summed E-state index contributed by atoms with van der Waals surface area (Å²) in [6, 6.07) is 7.75. The normalized spacial score (nSPS) is 28.2. The molecular formula is C16H22N2O2. The first-order valence-electron chi connectivity index (χ1n) is 7.32. The highest BCUT2D eigenvalue weighted by molar-refractivity contribution is 5.91. The summed E-state index contributed by atoms with van der Waals surface area (Å²) in [5, 5.41) is 0. The van der Waals surface area contributed by atoms with Gasteiger partial charge in [-0.25, -0.2) is 0 Å². The quantitative estimate of drug-likeness (QED) is 0.838. The number of anilines is 1. The Hall–Kier alpha value is -1.55. The molecule has 3 rings (SSSR count). The van der Waals surface area contributed by atoms with E-state index in [1.807, 2.05) is 43.0 Å². The van der Waals surface area contributed by atoms with Crippen LogP contribution in [0, 0.1) is 0 Å². The average Bonchev–Trinajstić information content (AvgIpc) is 3.19. The van der Waals surface area contributed by atoms with Crippen molar-refractivity contribution in [3.05, 3.63) is 29.8 Å². The summed E-state index contributed by atoms with van der Waals surface area (Å²) in [4.78, 5) is 14.9. The number of hydrogen-bond donors (Lipinski definition) is 1. The lowest BCUT2D eigenvalue weighted by molar-refractivity contribution is -0.145. The Morgan fingerprint density at radius 1 is 1.20 bits per heavy atom. The molecule has 1 amide bonds. The molecule has 2 unspecified atom stereocenters. The van der Waals surface area contributed by atoms with Gasteiger partial charge in [0, 0.05) is 18.8 Å². The molecule has 1 aliphatic heterocycles. The van der Waals surface area contributed by atoms with Gasteiger partial charge in [-0.1, -0.05) is 12.1 Å². The van der Waals surface area contributed by atoms with Crippen LogP contribution in [0.3, 0.4) is 0 Å². The van der Waals surface area contributed by atoms with E-state index in [9.17, 15) is 4.79 Å². The molecule has 108 valence electrons. The first-order valence-corrected chi connectivity index (χ1v) is 7.32. The Balaban J connectivity index is 1.81. The SMILES string of the molecule is CC1CN(C(=O)C2(c3ccc(N)cc3)CC2)CC(C)O1. The highest BCUT2D eigenvalue weighted by atomic mass is 16.5. The van der Waals surface area contributed by atoms with Crippen LogP contribution in [-0.4, -0.2) is 36.1 Å². The minimum atomic E-state index is -0.301. The maximum atomic E-state index is 12.9. The number of carbonyl (C=O) groups excluding carboxylic acids is 1. The van der Waals surface area contributed by atoms with E-state index >= 15 is 0 Å². The van der Waals surface area contributed by atoms with Crippen LogP contribution in [-0.2, 0) is 14.9 Å². The van der Waals surface area contributed by atoms with Crippen LogP contribution in [0.25, 0.3) is 0 Å². The maximum Gasteiger partial charge on any atom is 0.233 e. The van der Waals surface area contributed by atoms with Crippen LogP contribution in [0.15, 0.2) is 24.3 Å². The van der Waals surface area contributed by atoms with Crippen molar-refractivity contribution >= 4 is 11.6 Å². The van der Waals surface area contributed by atoms with E-state index in [4.69, 9.17) is 10.5 Å². The summed E-state index contributed by atoms with van der Waals surface area (Å²) < 4.78 is 5.71. The Bertz CT molecular complexity index is 498. The largest absolute Gasteiger partial charge is 0.399 e. The summed E-state index contributed by atoms with van der Waals surface area (Å²) in [7, 11) is 0. The summed E-state index contributed by atoms with van der Waals surface area (Å²) in [5.41, 5.74) is 7.27. The number of ether oxygens (including phenoxy) is 1. The van der Waals surface area contributed by atoms with E-state index in [1.165, 1.54) is 0 Å². The zero-order valence-electron chi connectivity index (χ0n) is 12.1. The third kappa shape index (κ3) is 2.29. The van der Waals surface area contributed by atoms with Gasteiger partial charge in [0.1, 0.15) is 0 Å². The zero-order chi connectivity index (χ0) is 14.3. The first-order chi connectivity index (χ1) is 9.51. The number of amides is 1. The smallest absolute Gasteiger partial charge is 0.233 e. The van der Waals surface area contributed by atoms with Gasteiger partial charge in [0.25, 0.3) is 0 Å². The molecule has 2 aliphatic rings. The maximum absolute atomic E-state index is 12.9. The molecule has 1 saturated carbocycles. The molecule has 0 aromatic heterocycles. The van der Waals surface area contributed by atoms with Gasteiger partial charge in [0.15, 0.2) is 0 Å². The molecular weight excluding hydrogens is 252 g/mol. The molecule has 0 spiro atoms. The molecule has 4 nitrogen and oxygen atoms in total. The molecule has 1 aromatic carbocycles. The monoisotopic (exact) mass is 274 g/mol. The van der Waals surface area contributed by atoms with Crippen LogP contribution in [0.5, 0.6) is 0 Å². The summed E-state index contributed by atoms with van der Waals surface area (Å²) >= 11 is 0. The summed E-state index contributed by atoms with van der Waals surface area (Å²) in [6.45, 7) is 5.44. The number of rotatable bonds is 2. The lowest BCUT2D eigenvalue weighted by Crippen LogP contribution is -2.51. The molecule has 1 aliphatic carbocycles. The van der Waals surface area contributed by atoms with E-state index in [1.54, 1.807) is 0 Å². The molecule has 20 heavy (non-hydrogen) atoms. The second kappa shape index (κ2) is 4.77. The second-order valence-electron chi connectivity index (χ2n) is 6.17. The number of hydrogen-bond acceptors (Lipinski definition) is 3. The van der Waals surface area contributed by atoms with E-state index in [2.05, 4.69) is 0 Å². The number of nitrogens with zero attached hydrogens (tertiary/aromatic N) is 1. The Kier molecular flexibility index (Phi) is 3.21. The third-order valence-electron chi connectivity index (χ3n) is 4.33. The number of nitrogen functional groups attached to an aromatic ring is 1. The number of carbonyl (C=O) groups is 1. The average molecular weight is 274 g/mol. The fraction of sp³-hybridized carbons (Fsp3) is 0.562. The van der Waals surface area contributed by atoms with E-state index in [-0.39, 0.29) is 23.5 Å². The Morgan fingerprint density at radius 2 is 1.75 bits per heavy atom. The van der Waals surface area contributed by atoms with Crippen molar-refractivity contribution in [2.45, 2.75) is 44.3 Å². The minimum absolute atomic E-state index is 0.116. The van der Waals surface area contributed by atoms with Crippen molar-refractivity contribution in [3.8, 4) is 0 Å². The van der Waals surface area contributed by atoms with Crippen molar-refractivity contribution < 1.29 is 9.53 Å². The van der Waals surface area contributed by atoms with E-state index in [0.29, 0.717) is 13.1 Å². The van der Waals surface area contributed by atoms with Crippen LogP contribution < -0.4 is 5.73 Å². The van der Waals surface area contributed by atoms with Gasteiger partial charge in [-0.05, 0) is 44.4 Å². The minimum Gasteiger partial charge on any atom is -0.399 e. The van der Waals surface area contributed by atoms with Gasteiger partial charge in [-0.2, -0.15) is 0 Å². The second-order valence-corrected chi connectivity index (χ2v) is 6.17.